The minimum absolute atomic E-state index is 0.618. The highest BCUT2D eigenvalue weighted by atomic mass is 32.1. The van der Waals surface area contributed by atoms with Gasteiger partial charge >= 0.3 is 0 Å². The van der Waals surface area contributed by atoms with Crippen molar-refractivity contribution in [1.82, 2.24) is 9.55 Å². The minimum atomic E-state index is 0.618. The number of hydrogen-bond acceptors (Lipinski definition) is 2. The molecule has 1 rings (SSSR count). The zero-order valence-corrected chi connectivity index (χ0v) is 5.35. The van der Waals surface area contributed by atoms with E-state index >= 15 is 0 Å². The van der Waals surface area contributed by atoms with Crippen molar-refractivity contribution < 1.29 is 0 Å². The Hall–Kier alpha value is -0.700. The summed E-state index contributed by atoms with van der Waals surface area (Å²) in [5.41, 5.74) is 0. The van der Waals surface area contributed by atoms with Crippen molar-refractivity contribution in [3.63, 3.8) is 0 Å². The van der Waals surface area contributed by atoms with Crippen LogP contribution >= 0.6 is 12.2 Å². The maximum absolute atomic E-state index is 4.81. The van der Waals surface area contributed by atoms with Gasteiger partial charge in [-0.25, -0.2) is 4.98 Å². The van der Waals surface area contributed by atoms with Gasteiger partial charge < -0.3 is 4.57 Å². The standard InChI is InChI=1S/C5H6N2S/c1-7-4-2-3-6-5(7)8/h2-4H,1H3. The lowest BCUT2D eigenvalue weighted by atomic mass is 10.7. The van der Waals surface area contributed by atoms with Gasteiger partial charge in [0.1, 0.15) is 0 Å². The molecule has 0 N–H and O–H groups in total. The van der Waals surface area contributed by atoms with Crippen LogP contribution in [0.25, 0.3) is 0 Å². The summed E-state index contributed by atoms with van der Waals surface area (Å²) < 4.78 is 2.41. The van der Waals surface area contributed by atoms with Crippen LogP contribution in [0, 0.1) is 4.77 Å². The average Bonchev–Trinajstić information content (AvgIpc) is 1.77. The Kier molecular flexibility index (Phi) is 1.39. The molecule has 0 saturated carbocycles. The van der Waals surface area contributed by atoms with Gasteiger partial charge in [0.15, 0.2) is 4.77 Å². The molecule has 0 saturated heterocycles. The Bertz CT molecular complexity index is 228. The summed E-state index contributed by atoms with van der Waals surface area (Å²) in [7, 11) is 1.87. The van der Waals surface area contributed by atoms with Gasteiger partial charge in [-0.15, -0.1) is 0 Å². The lowest BCUT2D eigenvalue weighted by Gasteiger charge is -1.91. The molecule has 0 radical (unpaired) electrons. The van der Waals surface area contributed by atoms with Crippen molar-refractivity contribution in [2.45, 2.75) is 0 Å². The minimum Gasteiger partial charge on any atom is -0.327 e. The molecule has 1 aromatic rings. The van der Waals surface area contributed by atoms with Crippen LogP contribution in [0.5, 0.6) is 0 Å². The van der Waals surface area contributed by atoms with Crippen molar-refractivity contribution in [3.8, 4) is 0 Å². The van der Waals surface area contributed by atoms with Gasteiger partial charge in [0.25, 0.3) is 0 Å². The van der Waals surface area contributed by atoms with Crippen LogP contribution < -0.4 is 0 Å². The molecule has 0 aliphatic rings. The van der Waals surface area contributed by atoms with Gasteiger partial charge in [0.2, 0.25) is 0 Å². The van der Waals surface area contributed by atoms with Gasteiger partial charge in [-0.2, -0.15) is 0 Å². The Morgan fingerprint density at radius 3 is 2.88 bits per heavy atom. The second kappa shape index (κ2) is 2.05. The normalized spacial score (nSPS) is 9.12. The third-order valence-corrected chi connectivity index (χ3v) is 1.28. The van der Waals surface area contributed by atoms with Gasteiger partial charge in [-0.3, -0.25) is 0 Å². The maximum atomic E-state index is 4.81. The predicted octanol–water partition coefficient (Wildman–Crippen LogP) is 1.15. The fourth-order valence-corrected chi connectivity index (χ4v) is 0.551. The first-order chi connectivity index (χ1) is 3.80. The summed E-state index contributed by atoms with van der Waals surface area (Å²) in [4.78, 5) is 3.86. The van der Waals surface area contributed by atoms with E-state index in [9.17, 15) is 0 Å². The van der Waals surface area contributed by atoms with Crippen LogP contribution in [0.1, 0.15) is 0 Å². The van der Waals surface area contributed by atoms with Crippen LogP contribution in [-0.4, -0.2) is 9.55 Å². The van der Waals surface area contributed by atoms with E-state index in [1.54, 1.807) is 10.8 Å². The second-order valence-corrected chi connectivity index (χ2v) is 1.88. The molecule has 1 aromatic heterocycles. The number of aromatic nitrogens is 2. The van der Waals surface area contributed by atoms with Crippen molar-refractivity contribution >= 4 is 12.2 Å². The smallest absolute Gasteiger partial charge is 0.199 e. The van der Waals surface area contributed by atoms with E-state index < -0.39 is 0 Å². The largest absolute Gasteiger partial charge is 0.327 e. The summed E-state index contributed by atoms with van der Waals surface area (Å²) in [6, 6.07) is 1.84. The number of rotatable bonds is 0. The van der Waals surface area contributed by atoms with Crippen molar-refractivity contribution in [1.29, 1.82) is 0 Å². The zero-order valence-electron chi connectivity index (χ0n) is 4.53. The summed E-state index contributed by atoms with van der Waals surface area (Å²) in [5.74, 6) is 0. The fourth-order valence-electron chi connectivity index (χ4n) is 0.429. The van der Waals surface area contributed by atoms with Gasteiger partial charge in [-0.05, 0) is 18.3 Å². The Balaban J connectivity index is 3.35. The summed E-state index contributed by atoms with van der Waals surface area (Å²) >= 11 is 4.81. The molecule has 1 heterocycles. The highest BCUT2D eigenvalue weighted by molar-refractivity contribution is 7.71. The molecule has 0 atom stereocenters. The van der Waals surface area contributed by atoms with Gasteiger partial charge in [0, 0.05) is 19.4 Å². The molecule has 42 valence electrons. The quantitative estimate of drug-likeness (QED) is 0.485. The van der Waals surface area contributed by atoms with Crippen molar-refractivity contribution in [2.75, 3.05) is 0 Å². The highest BCUT2D eigenvalue weighted by Gasteiger charge is 1.76. The van der Waals surface area contributed by atoms with Crippen LogP contribution in [0.2, 0.25) is 0 Å². The number of hydrogen-bond donors (Lipinski definition) is 0. The molecular formula is C5H6N2S. The first-order valence-corrected chi connectivity index (χ1v) is 2.69. The molecule has 0 aromatic carbocycles. The molecule has 0 aliphatic carbocycles. The van der Waals surface area contributed by atoms with Gasteiger partial charge in [-0.1, -0.05) is 0 Å². The third-order valence-electron chi connectivity index (χ3n) is 0.882. The Morgan fingerprint density at radius 2 is 2.50 bits per heavy atom. The molecule has 3 heteroatoms. The van der Waals surface area contributed by atoms with E-state index in [0.29, 0.717) is 4.77 Å². The molecule has 0 fully saturated rings. The third kappa shape index (κ3) is 0.924. The molecule has 8 heavy (non-hydrogen) atoms. The van der Waals surface area contributed by atoms with Crippen molar-refractivity contribution in [3.05, 3.63) is 23.2 Å². The van der Waals surface area contributed by atoms with E-state index in [1.807, 2.05) is 19.3 Å². The van der Waals surface area contributed by atoms with Crippen LogP contribution in [0.3, 0.4) is 0 Å². The molecule has 2 nitrogen and oxygen atoms in total. The average molecular weight is 126 g/mol. The lowest BCUT2D eigenvalue weighted by molar-refractivity contribution is 0.843. The van der Waals surface area contributed by atoms with Crippen LogP contribution in [0.15, 0.2) is 18.5 Å². The molecular weight excluding hydrogens is 120 g/mol. The summed E-state index contributed by atoms with van der Waals surface area (Å²) in [6.07, 6.45) is 3.55. The Labute approximate surface area is 52.8 Å². The van der Waals surface area contributed by atoms with E-state index in [0.717, 1.165) is 0 Å². The highest BCUT2D eigenvalue weighted by Crippen LogP contribution is 1.81. The fraction of sp³-hybridized carbons (Fsp3) is 0.200. The predicted molar refractivity (Wildman–Crippen MR) is 34.0 cm³/mol. The van der Waals surface area contributed by atoms with E-state index in [4.69, 9.17) is 12.2 Å². The number of nitrogens with zero attached hydrogens (tertiary/aromatic N) is 2. The summed E-state index contributed by atoms with van der Waals surface area (Å²) in [6.45, 7) is 0. The van der Waals surface area contributed by atoms with E-state index in [1.165, 1.54) is 0 Å². The molecule has 0 unspecified atom stereocenters. The maximum Gasteiger partial charge on any atom is 0.199 e. The van der Waals surface area contributed by atoms with Crippen molar-refractivity contribution in [2.24, 2.45) is 7.05 Å². The molecule has 0 spiro atoms. The molecule has 0 aliphatic heterocycles. The van der Waals surface area contributed by atoms with Crippen LogP contribution in [0.4, 0.5) is 0 Å². The molecule has 0 amide bonds. The van der Waals surface area contributed by atoms with E-state index in [2.05, 4.69) is 4.98 Å². The SMILES string of the molecule is Cn1cccnc1=S. The van der Waals surface area contributed by atoms with Crippen LogP contribution in [-0.2, 0) is 7.05 Å². The number of aryl methyl sites for hydroxylation is 1. The lowest BCUT2D eigenvalue weighted by Crippen LogP contribution is -1.90. The second-order valence-electron chi connectivity index (χ2n) is 1.51. The van der Waals surface area contributed by atoms with E-state index in [-0.39, 0.29) is 0 Å². The zero-order chi connectivity index (χ0) is 5.98. The topological polar surface area (TPSA) is 17.8 Å². The summed E-state index contributed by atoms with van der Waals surface area (Å²) in [5, 5.41) is 0. The van der Waals surface area contributed by atoms with Gasteiger partial charge in [0.05, 0.1) is 0 Å². The first-order valence-electron chi connectivity index (χ1n) is 2.28. The molecule has 0 bridgehead atoms. The monoisotopic (exact) mass is 126 g/mol. The Morgan fingerprint density at radius 1 is 1.75 bits per heavy atom. The first kappa shape index (κ1) is 5.44.